The summed E-state index contributed by atoms with van der Waals surface area (Å²) < 4.78 is 7.15. The zero-order valence-corrected chi connectivity index (χ0v) is 23.1. The molecule has 0 aliphatic carbocycles. The van der Waals surface area contributed by atoms with Gasteiger partial charge in [-0.3, -0.25) is 4.40 Å². The van der Waals surface area contributed by atoms with E-state index in [1.165, 1.54) is 54.4 Å². The number of para-hydroxylation sites is 3. The van der Waals surface area contributed by atoms with Gasteiger partial charge in [0, 0.05) is 56.1 Å². The molecular formula is C39H24N4. The highest BCUT2D eigenvalue weighted by atomic mass is 15.0. The van der Waals surface area contributed by atoms with Crippen molar-refractivity contribution in [2.75, 3.05) is 0 Å². The molecule has 0 saturated heterocycles. The van der Waals surface area contributed by atoms with E-state index in [0.717, 1.165) is 27.9 Å². The van der Waals surface area contributed by atoms with Gasteiger partial charge in [-0.2, -0.15) is 0 Å². The quantitative estimate of drug-likeness (QED) is 0.198. The molecule has 6 aromatic carbocycles. The molecule has 0 aliphatic rings. The maximum atomic E-state index is 4.76. The summed E-state index contributed by atoms with van der Waals surface area (Å²) in [6.45, 7) is 0. The molecule has 0 bridgehead atoms. The van der Waals surface area contributed by atoms with Gasteiger partial charge in [-0.25, -0.2) is 4.98 Å². The maximum absolute atomic E-state index is 4.76. The molecule has 0 N–H and O–H groups in total. The maximum Gasteiger partial charge on any atom is 0.145 e. The first-order valence-electron chi connectivity index (χ1n) is 14.7. The first kappa shape index (κ1) is 22.8. The molecule has 0 aliphatic heterocycles. The van der Waals surface area contributed by atoms with Gasteiger partial charge >= 0.3 is 0 Å². The lowest BCUT2D eigenvalue weighted by Gasteiger charge is -2.12. The normalized spacial score (nSPS) is 12.2. The van der Waals surface area contributed by atoms with Gasteiger partial charge in [0.15, 0.2) is 0 Å². The molecule has 10 rings (SSSR count). The zero-order valence-electron chi connectivity index (χ0n) is 23.1. The van der Waals surface area contributed by atoms with Crippen LogP contribution in [0.5, 0.6) is 0 Å². The van der Waals surface area contributed by atoms with Crippen LogP contribution in [-0.2, 0) is 0 Å². The monoisotopic (exact) mass is 548 g/mol. The van der Waals surface area contributed by atoms with E-state index in [-0.39, 0.29) is 0 Å². The van der Waals surface area contributed by atoms with Gasteiger partial charge in [-0.15, -0.1) is 0 Å². The molecular weight excluding hydrogens is 524 g/mol. The Balaban J connectivity index is 1.54. The molecule has 43 heavy (non-hydrogen) atoms. The second-order valence-corrected chi connectivity index (χ2v) is 11.2. The Kier molecular flexibility index (Phi) is 4.42. The van der Waals surface area contributed by atoms with Crippen LogP contribution in [0.4, 0.5) is 0 Å². The van der Waals surface area contributed by atoms with Crippen LogP contribution in [0.3, 0.4) is 0 Å². The van der Waals surface area contributed by atoms with Gasteiger partial charge < -0.3 is 9.13 Å². The zero-order chi connectivity index (χ0) is 28.1. The predicted octanol–water partition coefficient (Wildman–Crippen LogP) is 9.83. The number of aromatic nitrogens is 4. The molecule has 4 heteroatoms. The van der Waals surface area contributed by atoms with Gasteiger partial charge in [0.05, 0.1) is 27.6 Å². The summed E-state index contributed by atoms with van der Waals surface area (Å²) in [5, 5.41) is 8.63. The van der Waals surface area contributed by atoms with Crippen molar-refractivity contribution in [2.45, 2.75) is 0 Å². The third-order valence-corrected chi connectivity index (χ3v) is 9.07. The topological polar surface area (TPSA) is 27.2 Å². The van der Waals surface area contributed by atoms with E-state index in [4.69, 9.17) is 4.98 Å². The molecule has 0 atom stereocenters. The molecule has 0 radical (unpaired) electrons. The van der Waals surface area contributed by atoms with Crippen molar-refractivity contribution in [3.63, 3.8) is 0 Å². The van der Waals surface area contributed by atoms with E-state index in [1.807, 2.05) is 6.20 Å². The molecule has 0 fully saturated rings. The standard InChI is InChI=1S/C39H24N4/c1-3-11-25(12-4-1)42-32-18-10-9-15-27(32)29-19-20-31-36-34(43(38(31)37(29)42)26-13-5-2-6-14-26)22-21-33-35(36)28-16-7-8-17-30(28)39-40-23-24-41(33)39/h1-24H. The van der Waals surface area contributed by atoms with Crippen molar-refractivity contribution in [3.8, 4) is 11.4 Å². The van der Waals surface area contributed by atoms with Crippen LogP contribution in [0.25, 0.3) is 82.3 Å². The van der Waals surface area contributed by atoms with Gasteiger partial charge in [0.2, 0.25) is 0 Å². The number of hydrogen-bond donors (Lipinski definition) is 0. The lowest BCUT2D eigenvalue weighted by atomic mass is 10.00. The van der Waals surface area contributed by atoms with E-state index < -0.39 is 0 Å². The van der Waals surface area contributed by atoms with E-state index in [2.05, 4.69) is 153 Å². The average Bonchev–Trinajstić information content (AvgIpc) is 3.78. The van der Waals surface area contributed by atoms with Crippen molar-refractivity contribution in [2.24, 2.45) is 0 Å². The van der Waals surface area contributed by atoms with Crippen molar-refractivity contribution in [3.05, 3.63) is 146 Å². The minimum atomic E-state index is 0.987. The van der Waals surface area contributed by atoms with Crippen molar-refractivity contribution >= 4 is 70.9 Å². The lowest BCUT2D eigenvalue weighted by Crippen LogP contribution is -1.98. The van der Waals surface area contributed by atoms with E-state index in [1.54, 1.807) is 0 Å². The third kappa shape index (κ3) is 2.92. The number of hydrogen-bond acceptors (Lipinski definition) is 1. The fraction of sp³-hybridized carbons (Fsp3) is 0. The first-order valence-corrected chi connectivity index (χ1v) is 14.7. The third-order valence-electron chi connectivity index (χ3n) is 9.07. The molecule has 10 aromatic rings. The molecule has 0 amide bonds. The van der Waals surface area contributed by atoms with Crippen LogP contribution in [0.1, 0.15) is 0 Å². The predicted molar refractivity (Wildman–Crippen MR) is 179 cm³/mol. The fourth-order valence-electron chi connectivity index (χ4n) is 7.39. The van der Waals surface area contributed by atoms with Crippen LogP contribution >= 0.6 is 0 Å². The summed E-state index contributed by atoms with van der Waals surface area (Å²) in [7, 11) is 0. The highest BCUT2D eigenvalue weighted by molar-refractivity contribution is 6.32. The molecule has 0 spiro atoms. The SMILES string of the molecule is c1ccc(-n2c3ccccc3c3ccc4c5c6c7ccccc7c7nccn7c6ccc5n(-c5ccccc5)c4c32)cc1. The molecule has 4 aromatic heterocycles. The second-order valence-electron chi connectivity index (χ2n) is 11.2. The van der Waals surface area contributed by atoms with Gasteiger partial charge in [-0.1, -0.05) is 91.0 Å². The number of rotatable bonds is 2. The Hall–Kier alpha value is -5.87. The molecule has 4 heterocycles. The van der Waals surface area contributed by atoms with Gasteiger partial charge in [0.25, 0.3) is 0 Å². The fourth-order valence-corrected chi connectivity index (χ4v) is 7.39. The summed E-state index contributed by atoms with van der Waals surface area (Å²) in [5.74, 6) is 0. The van der Waals surface area contributed by atoms with Gasteiger partial charge in [-0.05, 0) is 47.9 Å². The molecule has 0 unspecified atom stereocenters. The molecule has 200 valence electrons. The summed E-state index contributed by atoms with van der Waals surface area (Å²) in [5.41, 5.74) is 9.27. The highest BCUT2D eigenvalue weighted by Crippen LogP contribution is 2.45. The van der Waals surface area contributed by atoms with Crippen LogP contribution in [0.15, 0.2) is 146 Å². The van der Waals surface area contributed by atoms with Crippen molar-refractivity contribution in [1.82, 2.24) is 18.5 Å². The van der Waals surface area contributed by atoms with Crippen LogP contribution in [0, 0.1) is 0 Å². The van der Waals surface area contributed by atoms with Crippen molar-refractivity contribution in [1.29, 1.82) is 0 Å². The number of benzene rings is 6. The number of fused-ring (bicyclic) bond motifs is 14. The number of imidazole rings is 1. The Morgan fingerprint density at radius 1 is 0.395 bits per heavy atom. The Morgan fingerprint density at radius 3 is 1.72 bits per heavy atom. The smallest absolute Gasteiger partial charge is 0.145 e. The highest BCUT2D eigenvalue weighted by Gasteiger charge is 2.23. The Bertz CT molecular complexity index is 2710. The summed E-state index contributed by atoms with van der Waals surface area (Å²) in [4.78, 5) is 4.76. The van der Waals surface area contributed by atoms with Crippen LogP contribution in [-0.4, -0.2) is 18.5 Å². The Labute approximate surface area is 246 Å². The molecule has 4 nitrogen and oxygen atoms in total. The van der Waals surface area contributed by atoms with Crippen molar-refractivity contribution < 1.29 is 0 Å². The van der Waals surface area contributed by atoms with E-state index in [0.29, 0.717) is 0 Å². The average molecular weight is 549 g/mol. The summed E-state index contributed by atoms with van der Waals surface area (Å²) >= 11 is 0. The van der Waals surface area contributed by atoms with E-state index >= 15 is 0 Å². The van der Waals surface area contributed by atoms with E-state index in [9.17, 15) is 0 Å². The van der Waals surface area contributed by atoms with Crippen LogP contribution in [0.2, 0.25) is 0 Å². The first-order chi connectivity index (χ1) is 21.4. The van der Waals surface area contributed by atoms with Crippen LogP contribution < -0.4 is 0 Å². The number of pyridine rings is 1. The summed E-state index contributed by atoms with van der Waals surface area (Å²) in [6.07, 6.45) is 3.98. The number of nitrogens with zero attached hydrogens (tertiary/aromatic N) is 4. The largest absolute Gasteiger partial charge is 0.307 e. The lowest BCUT2D eigenvalue weighted by molar-refractivity contribution is 1.15. The Morgan fingerprint density at radius 2 is 0.953 bits per heavy atom. The minimum absolute atomic E-state index is 0.987. The summed E-state index contributed by atoms with van der Waals surface area (Å²) in [6, 6.07) is 48.2. The minimum Gasteiger partial charge on any atom is -0.307 e. The second kappa shape index (κ2) is 8.34. The van der Waals surface area contributed by atoms with Gasteiger partial charge in [0.1, 0.15) is 5.65 Å². The molecule has 0 saturated carbocycles.